The molecule has 1 aromatic heterocycles. The van der Waals surface area contributed by atoms with Crippen LogP contribution in [0.3, 0.4) is 0 Å². The molecule has 6 nitrogen and oxygen atoms in total. The van der Waals surface area contributed by atoms with Crippen LogP contribution >= 0.6 is 11.6 Å². The van der Waals surface area contributed by atoms with E-state index in [0.29, 0.717) is 53.2 Å². The highest BCUT2D eigenvalue weighted by Crippen LogP contribution is 2.77. The van der Waals surface area contributed by atoms with Crippen molar-refractivity contribution in [3.05, 3.63) is 46.3 Å². The number of allylic oxidation sites excluding steroid dienone is 2. The molecule has 1 heterocycles. The molecule has 254 valence electrons. The average molecular weight is 661 g/mol. The molecule has 5 aliphatic rings. The molecular formula is C40H53ClN2O4. The number of carbonyl (C=O) groups is 2. The van der Waals surface area contributed by atoms with Gasteiger partial charge < -0.3 is 9.15 Å². The van der Waals surface area contributed by atoms with Crippen molar-refractivity contribution in [3.8, 4) is 11.5 Å². The van der Waals surface area contributed by atoms with Crippen molar-refractivity contribution in [2.45, 2.75) is 126 Å². The third kappa shape index (κ3) is 4.76. The van der Waals surface area contributed by atoms with Crippen LogP contribution in [0.2, 0.25) is 5.02 Å². The van der Waals surface area contributed by atoms with Gasteiger partial charge in [-0.15, -0.1) is 10.2 Å². The maximum Gasteiger partial charge on any atom is 0.302 e. The van der Waals surface area contributed by atoms with E-state index in [4.69, 9.17) is 20.8 Å². The molecule has 8 atom stereocenters. The number of esters is 1. The highest BCUT2D eigenvalue weighted by atomic mass is 35.5. The Labute approximate surface area is 285 Å². The highest BCUT2D eigenvalue weighted by molar-refractivity contribution is 6.30. The third-order valence-electron chi connectivity index (χ3n) is 14.9. The minimum absolute atomic E-state index is 0.0159. The number of benzene rings is 1. The number of nitrogens with zero attached hydrogens (tertiary/aromatic N) is 2. The summed E-state index contributed by atoms with van der Waals surface area (Å²) in [7, 11) is 0. The lowest BCUT2D eigenvalue weighted by Gasteiger charge is -2.72. The molecule has 0 aliphatic heterocycles. The molecule has 47 heavy (non-hydrogen) atoms. The second kappa shape index (κ2) is 11.0. The third-order valence-corrected chi connectivity index (χ3v) is 15.1. The number of rotatable bonds is 5. The van der Waals surface area contributed by atoms with Crippen molar-refractivity contribution in [2.75, 3.05) is 0 Å². The predicted molar refractivity (Wildman–Crippen MR) is 183 cm³/mol. The molecule has 0 bridgehead atoms. The largest absolute Gasteiger partial charge is 0.462 e. The number of hydrogen-bond donors (Lipinski definition) is 0. The van der Waals surface area contributed by atoms with Gasteiger partial charge in [0.2, 0.25) is 11.8 Å². The molecule has 0 radical (unpaired) electrons. The van der Waals surface area contributed by atoms with Crippen molar-refractivity contribution in [3.63, 3.8) is 0 Å². The fraction of sp³-hybridized carbons (Fsp3) is 0.700. The topological polar surface area (TPSA) is 82.3 Å². The molecule has 4 saturated carbocycles. The van der Waals surface area contributed by atoms with Gasteiger partial charge in [-0.3, -0.25) is 9.59 Å². The molecule has 1 aromatic carbocycles. The number of halogens is 1. The predicted octanol–water partition coefficient (Wildman–Crippen LogP) is 9.84. The van der Waals surface area contributed by atoms with E-state index in [9.17, 15) is 9.59 Å². The summed E-state index contributed by atoms with van der Waals surface area (Å²) in [4.78, 5) is 26.1. The maximum absolute atomic E-state index is 14.0. The van der Waals surface area contributed by atoms with Gasteiger partial charge in [0.05, 0.1) is 0 Å². The number of aromatic nitrogens is 2. The summed E-state index contributed by atoms with van der Waals surface area (Å²) in [5, 5.41) is 9.62. The first-order chi connectivity index (χ1) is 22.1. The van der Waals surface area contributed by atoms with Gasteiger partial charge in [0.25, 0.3) is 0 Å². The van der Waals surface area contributed by atoms with Crippen LogP contribution < -0.4 is 0 Å². The zero-order valence-electron chi connectivity index (χ0n) is 29.7. The number of hydrogen-bond acceptors (Lipinski definition) is 6. The monoisotopic (exact) mass is 660 g/mol. The summed E-state index contributed by atoms with van der Waals surface area (Å²) in [5.74, 6) is 2.94. The fourth-order valence-corrected chi connectivity index (χ4v) is 12.8. The lowest BCUT2D eigenvalue weighted by molar-refractivity contribution is -0.232. The smallest absolute Gasteiger partial charge is 0.302 e. The van der Waals surface area contributed by atoms with E-state index in [1.807, 2.05) is 24.3 Å². The number of ether oxygens (including phenoxy) is 1. The fourth-order valence-electron chi connectivity index (χ4n) is 12.7. The highest BCUT2D eigenvalue weighted by Gasteiger charge is 2.70. The van der Waals surface area contributed by atoms with Crippen LogP contribution in [-0.4, -0.2) is 28.1 Å². The molecule has 0 saturated heterocycles. The standard InChI is InChI=1S/C40H53ClN2O4/c1-23(2)33-28(45)21-40(22-32-42-43-35(47-32)25-9-11-26(41)12-10-25)20-19-38(7)27(34(33)40)13-14-30-37(6)17-16-31(46-24(3)44)36(4,5)29(37)15-18-39(30,38)8/h9-12,23,27,29-31H,13-22H2,1-8H3/t27?,29-,30+,31-,37-,38+,39+,40-/m0/s1. The summed E-state index contributed by atoms with van der Waals surface area (Å²) in [6.45, 7) is 18.5. The van der Waals surface area contributed by atoms with E-state index in [0.717, 1.165) is 49.7 Å². The van der Waals surface area contributed by atoms with E-state index in [1.165, 1.54) is 18.4 Å². The van der Waals surface area contributed by atoms with Crippen molar-refractivity contribution >= 4 is 23.4 Å². The average Bonchev–Trinajstić information content (AvgIpc) is 3.57. The lowest BCUT2D eigenvalue weighted by atomic mass is 9.33. The molecule has 1 unspecified atom stereocenters. The van der Waals surface area contributed by atoms with Crippen molar-refractivity contribution in [1.29, 1.82) is 0 Å². The van der Waals surface area contributed by atoms with Gasteiger partial charge in [0.15, 0.2) is 5.78 Å². The SMILES string of the molecule is CC(=O)O[C@H]1CC[C@]2(C)[C@H]3CCC4C5=C(C(C)C)C(=O)C[C@]5(Cc5nnc(-c6ccc(Cl)cc6)o5)CC[C@@]4(C)[C@]3(C)CC[C@H]2C1(C)C. The number of ketones is 1. The Morgan fingerprint density at radius 3 is 2.34 bits per heavy atom. The van der Waals surface area contributed by atoms with Crippen molar-refractivity contribution in [1.82, 2.24) is 10.2 Å². The maximum atomic E-state index is 14.0. The van der Waals surface area contributed by atoms with Crippen molar-refractivity contribution < 1.29 is 18.7 Å². The van der Waals surface area contributed by atoms with Gasteiger partial charge in [-0.1, -0.05) is 65.6 Å². The molecular weight excluding hydrogens is 608 g/mol. The molecule has 5 aliphatic carbocycles. The summed E-state index contributed by atoms with van der Waals surface area (Å²) in [6.07, 6.45) is 9.90. The first kappa shape index (κ1) is 33.0. The first-order valence-electron chi connectivity index (χ1n) is 18.1. The van der Waals surface area contributed by atoms with Gasteiger partial charge in [0.1, 0.15) is 6.10 Å². The van der Waals surface area contributed by atoms with Gasteiger partial charge in [-0.05, 0) is 121 Å². The van der Waals surface area contributed by atoms with E-state index >= 15 is 0 Å². The van der Waals surface area contributed by atoms with Crippen molar-refractivity contribution in [2.24, 2.45) is 50.7 Å². The second-order valence-electron chi connectivity index (χ2n) is 17.6. The van der Waals surface area contributed by atoms with Crippen LogP contribution in [0.25, 0.3) is 11.5 Å². The van der Waals surface area contributed by atoms with E-state index < -0.39 is 0 Å². The summed E-state index contributed by atoms with van der Waals surface area (Å²) in [5.41, 5.74) is 3.49. The molecule has 7 rings (SSSR count). The quantitative estimate of drug-likeness (QED) is 0.297. The van der Waals surface area contributed by atoms with Crippen LogP contribution in [0.5, 0.6) is 0 Å². The minimum atomic E-state index is -0.265. The van der Waals surface area contributed by atoms with Crippen LogP contribution in [0.15, 0.2) is 39.8 Å². The number of fused-ring (bicyclic) bond motifs is 7. The molecule has 0 spiro atoms. The zero-order chi connectivity index (χ0) is 33.7. The van der Waals surface area contributed by atoms with Gasteiger partial charge in [0, 0.05) is 41.2 Å². The van der Waals surface area contributed by atoms with E-state index in [2.05, 4.69) is 58.7 Å². The van der Waals surface area contributed by atoms with Crippen LogP contribution in [0.1, 0.15) is 119 Å². The Morgan fingerprint density at radius 2 is 1.66 bits per heavy atom. The molecule has 2 aromatic rings. The van der Waals surface area contributed by atoms with Gasteiger partial charge in [-0.2, -0.15) is 0 Å². The van der Waals surface area contributed by atoms with E-state index in [1.54, 1.807) is 6.92 Å². The Hall–Kier alpha value is -2.47. The Kier molecular flexibility index (Phi) is 7.75. The van der Waals surface area contributed by atoms with Crippen LogP contribution in [0.4, 0.5) is 0 Å². The normalized spacial score (nSPS) is 39.2. The molecule has 7 heteroatoms. The second-order valence-corrected chi connectivity index (χ2v) is 18.1. The summed E-state index contributed by atoms with van der Waals surface area (Å²) < 4.78 is 12.3. The Morgan fingerprint density at radius 1 is 0.936 bits per heavy atom. The molecule has 0 N–H and O–H groups in total. The van der Waals surface area contributed by atoms with Crippen LogP contribution in [0, 0.1) is 50.7 Å². The lowest BCUT2D eigenvalue weighted by Crippen LogP contribution is -2.65. The van der Waals surface area contributed by atoms with Gasteiger partial charge >= 0.3 is 5.97 Å². The molecule has 4 fully saturated rings. The van der Waals surface area contributed by atoms with Gasteiger partial charge in [-0.25, -0.2) is 0 Å². The number of carbonyl (C=O) groups excluding carboxylic acids is 2. The Bertz CT molecular complexity index is 1620. The Balaban J connectivity index is 1.24. The summed E-state index contributed by atoms with van der Waals surface area (Å²) >= 11 is 6.12. The number of Topliss-reactive ketones (excluding diaryl/α,β-unsaturated/α-hetero) is 1. The molecule has 0 amide bonds. The van der Waals surface area contributed by atoms with Crippen LogP contribution in [-0.2, 0) is 20.7 Å². The van der Waals surface area contributed by atoms with E-state index in [-0.39, 0.29) is 45.1 Å². The summed E-state index contributed by atoms with van der Waals surface area (Å²) in [6, 6.07) is 7.49. The minimum Gasteiger partial charge on any atom is -0.462 e. The first-order valence-corrected chi connectivity index (χ1v) is 18.5. The zero-order valence-corrected chi connectivity index (χ0v) is 30.4.